The predicted molar refractivity (Wildman–Crippen MR) is 78.1 cm³/mol. The molecule has 2 rings (SSSR count). The molecule has 0 aromatic heterocycles. The number of carbonyl (C=O) groups is 2. The van der Waals surface area contributed by atoms with Gasteiger partial charge in [0.05, 0.1) is 24.7 Å². The number of morpholine rings is 1. The number of carbonyl (C=O) groups excluding carboxylic acids is 1. The third-order valence-corrected chi connectivity index (χ3v) is 4.50. The van der Waals surface area contributed by atoms with Gasteiger partial charge >= 0.3 is 12.0 Å². The van der Waals surface area contributed by atoms with E-state index >= 15 is 0 Å². The van der Waals surface area contributed by atoms with Crippen molar-refractivity contribution in [2.24, 2.45) is 5.92 Å². The van der Waals surface area contributed by atoms with Crippen molar-refractivity contribution in [3.8, 4) is 0 Å². The molecule has 6 heteroatoms. The molecule has 0 radical (unpaired) electrons. The maximum absolute atomic E-state index is 12.3. The molecule has 3 unspecified atom stereocenters. The Bertz CT molecular complexity index is 373. The molecule has 1 saturated carbocycles. The molecule has 0 bridgehead atoms. The van der Waals surface area contributed by atoms with E-state index in [4.69, 9.17) is 9.84 Å². The van der Waals surface area contributed by atoms with Gasteiger partial charge in [-0.2, -0.15) is 0 Å². The van der Waals surface area contributed by atoms with Gasteiger partial charge in [-0.15, -0.1) is 0 Å². The standard InChI is InChI=1S/C15H26N2O4/c1-11(14(18)19)5-4-8-16-15(20)17-9-10-21-13-7-3-2-6-12(13)17/h11-13H,2-10H2,1H3,(H,16,20)(H,18,19). The highest BCUT2D eigenvalue weighted by atomic mass is 16.5. The number of hydrogen-bond acceptors (Lipinski definition) is 3. The summed E-state index contributed by atoms with van der Waals surface area (Å²) >= 11 is 0. The normalized spacial score (nSPS) is 26.8. The summed E-state index contributed by atoms with van der Waals surface area (Å²) in [4.78, 5) is 24.9. The van der Waals surface area contributed by atoms with Gasteiger partial charge in [0.1, 0.15) is 0 Å². The van der Waals surface area contributed by atoms with Gasteiger partial charge in [0.15, 0.2) is 0 Å². The largest absolute Gasteiger partial charge is 0.481 e. The maximum Gasteiger partial charge on any atom is 0.317 e. The van der Waals surface area contributed by atoms with Crippen molar-refractivity contribution < 1.29 is 19.4 Å². The lowest BCUT2D eigenvalue weighted by Crippen LogP contribution is -2.57. The van der Waals surface area contributed by atoms with Crippen LogP contribution in [-0.2, 0) is 9.53 Å². The molecule has 2 amide bonds. The Morgan fingerprint density at radius 1 is 1.38 bits per heavy atom. The number of urea groups is 1. The van der Waals surface area contributed by atoms with Crippen molar-refractivity contribution in [1.82, 2.24) is 10.2 Å². The molecule has 0 aromatic rings. The Hall–Kier alpha value is -1.30. The summed E-state index contributed by atoms with van der Waals surface area (Å²) in [6, 6.07) is 0.184. The van der Waals surface area contributed by atoms with Crippen LogP contribution in [0.4, 0.5) is 4.79 Å². The van der Waals surface area contributed by atoms with Crippen molar-refractivity contribution in [2.45, 2.75) is 57.6 Å². The van der Waals surface area contributed by atoms with E-state index in [0.717, 1.165) is 19.3 Å². The second-order valence-electron chi connectivity index (χ2n) is 6.07. The minimum atomic E-state index is -0.778. The topological polar surface area (TPSA) is 78.9 Å². The number of aliphatic carboxylic acids is 1. The van der Waals surface area contributed by atoms with Crippen LogP contribution in [0.1, 0.15) is 45.4 Å². The molecule has 21 heavy (non-hydrogen) atoms. The average Bonchev–Trinajstić information content (AvgIpc) is 2.50. The van der Waals surface area contributed by atoms with Gasteiger partial charge in [-0.05, 0) is 25.7 Å². The smallest absolute Gasteiger partial charge is 0.317 e. The quantitative estimate of drug-likeness (QED) is 0.759. The van der Waals surface area contributed by atoms with Gasteiger partial charge in [-0.3, -0.25) is 4.79 Å². The Balaban J connectivity index is 1.73. The Labute approximate surface area is 125 Å². The van der Waals surface area contributed by atoms with Crippen molar-refractivity contribution >= 4 is 12.0 Å². The highest BCUT2D eigenvalue weighted by molar-refractivity contribution is 5.74. The minimum absolute atomic E-state index is 0.0295. The molecular weight excluding hydrogens is 272 g/mol. The van der Waals surface area contributed by atoms with Gasteiger partial charge in [0.2, 0.25) is 0 Å². The zero-order valence-electron chi connectivity index (χ0n) is 12.7. The van der Waals surface area contributed by atoms with E-state index < -0.39 is 5.97 Å². The number of carboxylic acid groups (broad SMARTS) is 1. The molecular formula is C15H26N2O4. The van der Waals surface area contributed by atoms with E-state index in [0.29, 0.717) is 32.5 Å². The van der Waals surface area contributed by atoms with Crippen LogP contribution < -0.4 is 5.32 Å². The summed E-state index contributed by atoms with van der Waals surface area (Å²) in [7, 11) is 0. The molecule has 1 saturated heterocycles. The van der Waals surface area contributed by atoms with E-state index in [2.05, 4.69) is 5.32 Å². The molecule has 0 spiro atoms. The lowest BCUT2D eigenvalue weighted by Gasteiger charge is -2.43. The number of ether oxygens (including phenoxy) is 1. The number of rotatable bonds is 5. The molecule has 2 N–H and O–H groups in total. The first kappa shape index (κ1) is 16.1. The van der Waals surface area contributed by atoms with Crippen molar-refractivity contribution in [1.29, 1.82) is 0 Å². The SMILES string of the molecule is CC(CCCNC(=O)N1CCOC2CCCCC21)C(=O)O. The molecule has 0 aromatic carbocycles. The Morgan fingerprint density at radius 2 is 2.14 bits per heavy atom. The van der Waals surface area contributed by atoms with Gasteiger partial charge in [-0.1, -0.05) is 19.8 Å². The number of nitrogens with one attached hydrogen (secondary N) is 1. The van der Waals surface area contributed by atoms with Gasteiger partial charge < -0.3 is 20.1 Å². The molecule has 6 nitrogen and oxygen atoms in total. The third-order valence-electron chi connectivity index (χ3n) is 4.50. The number of nitrogens with zero attached hydrogens (tertiary/aromatic N) is 1. The first-order valence-corrected chi connectivity index (χ1v) is 7.98. The van der Waals surface area contributed by atoms with E-state index in [1.54, 1.807) is 6.92 Å². The van der Waals surface area contributed by atoms with Crippen LogP contribution in [0.3, 0.4) is 0 Å². The Morgan fingerprint density at radius 3 is 2.90 bits per heavy atom. The second-order valence-corrected chi connectivity index (χ2v) is 6.07. The monoisotopic (exact) mass is 298 g/mol. The van der Waals surface area contributed by atoms with Crippen molar-refractivity contribution in [3.63, 3.8) is 0 Å². The van der Waals surface area contributed by atoms with Crippen LogP contribution in [0, 0.1) is 5.92 Å². The number of hydrogen-bond donors (Lipinski definition) is 2. The van der Waals surface area contributed by atoms with Gasteiger partial charge in [0.25, 0.3) is 0 Å². The third kappa shape index (κ3) is 4.33. The molecule has 2 aliphatic rings. The van der Waals surface area contributed by atoms with Gasteiger partial charge in [-0.25, -0.2) is 4.79 Å². The molecule has 3 atom stereocenters. The molecule has 1 aliphatic carbocycles. The molecule has 2 fully saturated rings. The van der Waals surface area contributed by atoms with E-state index in [9.17, 15) is 9.59 Å². The molecule has 1 aliphatic heterocycles. The summed E-state index contributed by atoms with van der Waals surface area (Å²) < 4.78 is 5.76. The van der Waals surface area contributed by atoms with E-state index in [-0.39, 0.29) is 24.1 Å². The Kier molecular flexibility index (Phi) is 5.85. The fraction of sp³-hybridized carbons (Fsp3) is 0.867. The number of amides is 2. The second kappa shape index (κ2) is 7.64. The minimum Gasteiger partial charge on any atom is -0.481 e. The van der Waals surface area contributed by atoms with Crippen LogP contribution in [-0.4, -0.2) is 53.8 Å². The zero-order chi connectivity index (χ0) is 15.2. The first-order chi connectivity index (χ1) is 10.1. The van der Waals surface area contributed by atoms with Crippen LogP contribution >= 0.6 is 0 Å². The summed E-state index contributed by atoms with van der Waals surface area (Å²) in [5, 5.41) is 11.7. The summed E-state index contributed by atoms with van der Waals surface area (Å²) in [5.41, 5.74) is 0. The zero-order valence-corrected chi connectivity index (χ0v) is 12.7. The van der Waals surface area contributed by atoms with Crippen LogP contribution in [0.5, 0.6) is 0 Å². The van der Waals surface area contributed by atoms with Crippen LogP contribution in [0.2, 0.25) is 0 Å². The number of fused-ring (bicyclic) bond motifs is 1. The number of carboxylic acids is 1. The van der Waals surface area contributed by atoms with Crippen molar-refractivity contribution in [3.05, 3.63) is 0 Å². The van der Waals surface area contributed by atoms with E-state index in [1.807, 2.05) is 4.90 Å². The van der Waals surface area contributed by atoms with Crippen LogP contribution in [0.25, 0.3) is 0 Å². The highest BCUT2D eigenvalue weighted by Gasteiger charge is 2.36. The molecule has 1 heterocycles. The lowest BCUT2D eigenvalue weighted by molar-refractivity contribution is -0.141. The van der Waals surface area contributed by atoms with Crippen molar-refractivity contribution in [2.75, 3.05) is 19.7 Å². The highest BCUT2D eigenvalue weighted by Crippen LogP contribution is 2.28. The predicted octanol–water partition coefficient (Wildman–Crippen LogP) is 1.84. The van der Waals surface area contributed by atoms with E-state index in [1.165, 1.54) is 6.42 Å². The maximum atomic E-state index is 12.3. The summed E-state index contributed by atoms with van der Waals surface area (Å²) in [5.74, 6) is -1.13. The first-order valence-electron chi connectivity index (χ1n) is 7.98. The lowest BCUT2D eigenvalue weighted by atomic mass is 9.90. The summed E-state index contributed by atoms with van der Waals surface area (Å²) in [6.07, 6.45) is 5.89. The fourth-order valence-electron chi connectivity index (χ4n) is 3.18. The summed E-state index contributed by atoms with van der Waals surface area (Å²) in [6.45, 7) is 3.49. The average molecular weight is 298 g/mol. The fourth-order valence-corrected chi connectivity index (χ4v) is 3.18. The molecule has 120 valence electrons. The van der Waals surface area contributed by atoms with Crippen LogP contribution in [0.15, 0.2) is 0 Å². The van der Waals surface area contributed by atoms with Gasteiger partial charge in [0, 0.05) is 13.1 Å².